The van der Waals surface area contributed by atoms with Crippen molar-refractivity contribution in [3.63, 3.8) is 0 Å². The summed E-state index contributed by atoms with van der Waals surface area (Å²) in [6, 6.07) is 14.5. The highest BCUT2D eigenvalue weighted by molar-refractivity contribution is 7.97. The molecule has 0 aliphatic rings. The van der Waals surface area contributed by atoms with E-state index in [2.05, 4.69) is 10.9 Å². The smallest absolute Gasteiger partial charge is 0.269 e. The number of ether oxygens (including phenoxy) is 1. The van der Waals surface area contributed by atoms with Crippen LogP contribution in [0.15, 0.2) is 48.5 Å². The van der Waals surface area contributed by atoms with Crippen molar-refractivity contribution in [2.24, 2.45) is 0 Å². The highest BCUT2D eigenvalue weighted by atomic mass is 32.2. The summed E-state index contributed by atoms with van der Waals surface area (Å²) in [5.74, 6) is 0.956. The van der Waals surface area contributed by atoms with Crippen LogP contribution in [0.25, 0.3) is 0 Å². The zero-order chi connectivity index (χ0) is 17.4. The van der Waals surface area contributed by atoms with Gasteiger partial charge >= 0.3 is 0 Å². The average molecular weight is 344 g/mol. The maximum absolute atomic E-state index is 12.1. The Morgan fingerprint density at radius 3 is 2.46 bits per heavy atom. The van der Waals surface area contributed by atoms with Crippen LogP contribution >= 0.6 is 11.8 Å². The topological polar surface area (TPSA) is 67.4 Å². The van der Waals surface area contributed by atoms with E-state index in [0.29, 0.717) is 5.56 Å². The second-order valence-electron chi connectivity index (χ2n) is 5.16. The summed E-state index contributed by atoms with van der Waals surface area (Å²) in [5, 5.41) is 0. The minimum Gasteiger partial charge on any atom is -0.497 e. The van der Waals surface area contributed by atoms with E-state index in [0.717, 1.165) is 22.6 Å². The number of hydrogen-bond donors (Lipinski definition) is 2. The monoisotopic (exact) mass is 344 g/mol. The number of hydrogen-bond acceptors (Lipinski definition) is 4. The van der Waals surface area contributed by atoms with Crippen LogP contribution < -0.4 is 15.6 Å². The summed E-state index contributed by atoms with van der Waals surface area (Å²) in [7, 11) is 1.59. The number of rotatable bonds is 6. The third-order valence-corrected chi connectivity index (χ3v) is 3.96. The summed E-state index contributed by atoms with van der Waals surface area (Å²) in [6.07, 6.45) is 2.18. The van der Waals surface area contributed by atoms with Crippen molar-refractivity contribution in [3.8, 4) is 5.75 Å². The number of carbonyl (C=O) groups excluding carboxylic acids is 2. The fourth-order valence-corrected chi connectivity index (χ4v) is 2.65. The second kappa shape index (κ2) is 8.98. The highest BCUT2D eigenvalue weighted by Gasteiger charge is 2.08. The SMILES string of the molecule is COc1ccc(CC(=O)NNC(=O)c2cccc(CSC)c2)cc1. The van der Waals surface area contributed by atoms with Gasteiger partial charge in [0.2, 0.25) is 5.91 Å². The van der Waals surface area contributed by atoms with Gasteiger partial charge in [-0.25, -0.2) is 0 Å². The van der Waals surface area contributed by atoms with Gasteiger partial charge in [-0.3, -0.25) is 20.4 Å². The first-order chi connectivity index (χ1) is 11.6. The van der Waals surface area contributed by atoms with E-state index >= 15 is 0 Å². The maximum atomic E-state index is 12.1. The molecule has 0 saturated heterocycles. The molecule has 0 aromatic heterocycles. The molecule has 6 heteroatoms. The first-order valence-electron chi connectivity index (χ1n) is 7.42. The predicted octanol–water partition coefficient (Wildman–Crippen LogP) is 2.56. The van der Waals surface area contributed by atoms with Gasteiger partial charge in [-0.05, 0) is 41.6 Å². The summed E-state index contributed by atoms with van der Waals surface area (Å²) in [5.41, 5.74) is 7.30. The maximum Gasteiger partial charge on any atom is 0.269 e. The van der Waals surface area contributed by atoms with E-state index in [-0.39, 0.29) is 18.2 Å². The molecule has 2 rings (SSSR count). The van der Waals surface area contributed by atoms with Crippen molar-refractivity contribution >= 4 is 23.6 Å². The minimum absolute atomic E-state index is 0.177. The highest BCUT2D eigenvalue weighted by Crippen LogP contribution is 2.12. The van der Waals surface area contributed by atoms with E-state index in [4.69, 9.17) is 4.74 Å². The third kappa shape index (κ3) is 5.31. The molecule has 0 bridgehead atoms. The van der Waals surface area contributed by atoms with Gasteiger partial charge < -0.3 is 4.74 Å². The van der Waals surface area contributed by atoms with Crippen molar-refractivity contribution in [2.75, 3.05) is 13.4 Å². The zero-order valence-corrected chi connectivity index (χ0v) is 14.5. The molecule has 0 spiro atoms. The molecule has 5 nitrogen and oxygen atoms in total. The molecule has 0 atom stereocenters. The van der Waals surface area contributed by atoms with Crippen molar-refractivity contribution < 1.29 is 14.3 Å². The van der Waals surface area contributed by atoms with E-state index in [1.54, 1.807) is 37.1 Å². The summed E-state index contributed by atoms with van der Waals surface area (Å²) in [6.45, 7) is 0. The van der Waals surface area contributed by atoms with Gasteiger partial charge in [0, 0.05) is 11.3 Å². The van der Waals surface area contributed by atoms with Crippen molar-refractivity contribution in [1.29, 1.82) is 0 Å². The van der Waals surface area contributed by atoms with E-state index in [1.165, 1.54) is 0 Å². The standard InChI is InChI=1S/C18H20N2O3S/c1-23-16-8-6-13(7-9-16)11-17(21)19-20-18(22)15-5-3-4-14(10-15)12-24-2/h3-10H,11-12H2,1-2H3,(H,19,21)(H,20,22). The Morgan fingerprint density at radius 1 is 1.04 bits per heavy atom. The van der Waals surface area contributed by atoms with E-state index < -0.39 is 0 Å². The molecule has 2 aromatic rings. The number of hydrazine groups is 1. The Hall–Kier alpha value is -2.47. The van der Waals surface area contributed by atoms with Crippen LogP contribution in [0, 0.1) is 0 Å². The number of thioether (sulfide) groups is 1. The molecular weight excluding hydrogens is 324 g/mol. The normalized spacial score (nSPS) is 10.1. The molecule has 0 saturated carbocycles. The van der Waals surface area contributed by atoms with Crippen LogP contribution in [0.2, 0.25) is 0 Å². The summed E-state index contributed by atoms with van der Waals surface area (Å²) < 4.78 is 5.07. The zero-order valence-electron chi connectivity index (χ0n) is 13.7. The van der Waals surface area contributed by atoms with Gasteiger partial charge in [-0.2, -0.15) is 11.8 Å². The van der Waals surface area contributed by atoms with Crippen LogP contribution in [0.1, 0.15) is 21.5 Å². The molecule has 0 heterocycles. The molecule has 0 fully saturated rings. The van der Waals surface area contributed by atoms with Gasteiger partial charge in [-0.15, -0.1) is 0 Å². The lowest BCUT2D eigenvalue weighted by Crippen LogP contribution is -2.42. The van der Waals surface area contributed by atoms with E-state index in [1.807, 2.05) is 36.6 Å². The third-order valence-electron chi connectivity index (χ3n) is 3.34. The average Bonchev–Trinajstić information content (AvgIpc) is 2.61. The lowest BCUT2D eigenvalue weighted by atomic mass is 10.1. The molecule has 0 aliphatic heterocycles. The first-order valence-corrected chi connectivity index (χ1v) is 8.81. The first kappa shape index (κ1) is 17.9. The van der Waals surface area contributed by atoms with E-state index in [9.17, 15) is 9.59 Å². The molecule has 0 unspecified atom stereocenters. The van der Waals surface area contributed by atoms with Crippen molar-refractivity contribution in [2.45, 2.75) is 12.2 Å². The molecule has 2 N–H and O–H groups in total. The van der Waals surface area contributed by atoms with Gasteiger partial charge in [0.15, 0.2) is 0 Å². The van der Waals surface area contributed by atoms with Crippen LogP contribution in [0.4, 0.5) is 0 Å². The minimum atomic E-state index is -0.332. The van der Waals surface area contributed by atoms with Crippen LogP contribution in [0.5, 0.6) is 5.75 Å². The Morgan fingerprint density at radius 2 is 1.79 bits per heavy atom. The fourth-order valence-electron chi connectivity index (χ4n) is 2.14. The van der Waals surface area contributed by atoms with Crippen molar-refractivity contribution in [1.82, 2.24) is 10.9 Å². The number of nitrogens with one attached hydrogen (secondary N) is 2. The Kier molecular flexibility index (Phi) is 6.69. The number of benzene rings is 2. The quantitative estimate of drug-likeness (QED) is 0.791. The molecule has 24 heavy (non-hydrogen) atoms. The number of amides is 2. The lowest BCUT2D eigenvalue weighted by molar-refractivity contribution is -0.121. The molecule has 2 amide bonds. The largest absolute Gasteiger partial charge is 0.497 e. The molecule has 0 aliphatic carbocycles. The fraction of sp³-hybridized carbons (Fsp3) is 0.222. The molecule has 0 radical (unpaired) electrons. The molecule has 126 valence electrons. The summed E-state index contributed by atoms with van der Waals surface area (Å²) in [4.78, 5) is 24.0. The van der Waals surface area contributed by atoms with Gasteiger partial charge in [0.05, 0.1) is 13.5 Å². The Bertz CT molecular complexity index is 702. The molecular formula is C18H20N2O3S. The Balaban J connectivity index is 1.86. The van der Waals surface area contributed by atoms with Gasteiger partial charge in [0.1, 0.15) is 5.75 Å². The Labute approximate surface area is 145 Å². The van der Waals surface area contributed by atoms with Gasteiger partial charge in [0.25, 0.3) is 5.91 Å². The lowest BCUT2D eigenvalue weighted by Gasteiger charge is -2.09. The van der Waals surface area contributed by atoms with Crippen LogP contribution in [0.3, 0.4) is 0 Å². The summed E-state index contributed by atoms with van der Waals surface area (Å²) >= 11 is 1.69. The van der Waals surface area contributed by atoms with Crippen LogP contribution in [-0.2, 0) is 17.0 Å². The van der Waals surface area contributed by atoms with Crippen molar-refractivity contribution in [3.05, 3.63) is 65.2 Å². The number of methoxy groups -OCH3 is 1. The predicted molar refractivity (Wildman–Crippen MR) is 96.0 cm³/mol. The number of carbonyl (C=O) groups is 2. The molecule has 2 aromatic carbocycles. The van der Waals surface area contributed by atoms with Crippen LogP contribution in [-0.4, -0.2) is 25.2 Å². The van der Waals surface area contributed by atoms with Gasteiger partial charge in [-0.1, -0.05) is 24.3 Å². The second-order valence-corrected chi connectivity index (χ2v) is 6.03.